The Kier molecular flexibility index (Phi) is 5.12. The van der Waals surface area contributed by atoms with Gasteiger partial charge in [-0.25, -0.2) is 19.3 Å². The fourth-order valence-corrected chi connectivity index (χ4v) is 4.46. The van der Waals surface area contributed by atoms with Crippen molar-refractivity contribution < 1.29 is 17.6 Å². The van der Waals surface area contributed by atoms with Crippen LogP contribution in [0.15, 0.2) is 49.2 Å². The molecule has 0 unspecified atom stereocenters. The Bertz CT molecular complexity index is 1350. The van der Waals surface area contributed by atoms with Crippen LogP contribution < -0.4 is 16.4 Å². The van der Waals surface area contributed by atoms with Crippen LogP contribution in [-0.4, -0.2) is 37.6 Å². The van der Waals surface area contributed by atoms with Crippen molar-refractivity contribution in [2.75, 3.05) is 23.7 Å². The average Bonchev–Trinajstić information content (AvgIpc) is 3.39. The minimum absolute atomic E-state index is 0.0991. The van der Waals surface area contributed by atoms with Crippen molar-refractivity contribution in [1.29, 1.82) is 0 Å². The van der Waals surface area contributed by atoms with Crippen molar-refractivity contribution in [3.8, 4) is 0 Å². The van der Waals surface area contributed by atoms with Crippen LogP contribution in [0.2, 0.25) is 0 Å². The number of halogens is 4. The zero-order valence-electron chi connectivity index (χ0n) is 17.8. The lowest BCUT2D eigenvalue weighted by Crippen LogP contribution is -2.40. The number of benzene rings is 1. The molecule has 0 aliphatic carbocycles. The number of nitrogen functional groups attached to an aromatic ring is 1. The van der Waals surface area contributed by atoms with Gasteiger partial charge in [-0.1, -0.05) is 6.07 Å². The number of hydrogen-bond donors (Lipinski definition) is 2. The van der Waals surface area contributed by atoms with Gasteiger partial charge in [-0.05, 0) is 30.7 Å². The highest BCUT2D eigenvalue weighted by Crippen LogP contribution is 2.41. The standard InChI is InChI=1S/C22H20F4N8/c23-14-4-5-15(33-8-6-21(28,10-33)16-3-1-2-7-29-16)13(17(14)22(24,25)26)9-34-12-32-18-19(27)30-11-31-20(18)34/h1-5,7,11-12H,6,8-10,28H2,(H2,27,30,31)/t21-/m1/s1. The molecule has 4 heterocycles. The van der Waals surface area contributed by atoms with Gasteiger partial charge in [0.25, 0.3) is 0 Å². The van der Waals surface area contributed by atoms with Gasteiger partial charge in [0.1, 0.15) is 17.7 Å². The van der Waals surface area contributed by atoms with E-state index >= 15 is 0 Å². The molecule has 34 heavy (non-hydrogen) atoms. The zero-order chi connectivity index (χ0) is 24.1. The maximum Gasteiger partial charge on any atom is 0.419 e. The molecule has 1 atom stereocenters. The lowest BCUT2D eigenvalue weighted by atomic mass is 9.95. The lowest BCUT2D eigenvalue weighted by Gasteiger charge is -2.28. The molecule has 1 aliphatic heterocycles. The summed E-state index contributed by atoms with van der Waals surface area (Å²) in [5, 5.41) is 0. The van der Waals surface area contributed by atoms with E-state index in [0.717, 1.165) is 6.07 Å². The van der Waals surface area contributed by atoms with E-state index in [1.165, 1.54) is 23.3 Å². The largest absolute Gasteiger partial charge is 0.419 e. The van der Waals surface area contributed by atoms with Crippen LogP contribution in [0, 0.1) is 5.82 Å². The maximum absolute atomic E-state index is 14.6. The van der Waals surface area contributed by atoms with Gasteiger partial charge in [0, 0.05) is 30.5 Å². The smallest absolute Gasteiger partial charge is 0.382 e. The molecule has 0 saturated carbocycles. The summed E-state index contributed by atoms with van der Waals surface area (Å²) in [6, 6.07) is 7.55. The topological polar surface area (TPSA) is 112 Å². The fourth-order valence-electron chi connectivity index (χ4n) is 4.46. The van der Waals surface area contributed by atoms with E-state index in [0.29, 0.717) is 18.7 Å². The monoisotopic (exact) mass is 472 g/mol. The SMILES string of the molecule is Nc1ncnc2c1ncn2Cc1c(N2CC[C@](N)(c3ccccn3)C2)ccc(F)c1C(F)(F)F. The Morgan fingerprint density at radius 2 is 1.88 bits per heavy atom. The van der Waals surface area contributed by atoms with E-state index in [2.05, 4.69) is 19.9 Å². The molecular formula is C22H20F4N8. The summed E-state index contributed by atoms with van der Waals surface area (Å²) in [6.07, 6.45) is -0.311. The second-order valence-electron chi connectivity index (χ2n) is 8.26. The molecule has 1 aliphatic rings. The predicted octanol–water partition coefficient (Wildman–Crippen LogP) is 3.07. The predicted molar refractivity (Wildman–Crippen MR) is 117 cm³/mol. The number of nitrogens with zero attached hydrogens (tertiary/aromatic N) is 6. The Morgan fingerprint density at radius 3 is 2.62 bits per heavy atom. The van der Waals surface area contributed by atoms with E-state index in [1.807, 2.05) is 6.07 Å². The minimum atomic E-state index is -4.92. The molecule has 4 aromatic rings. The number of hydrogen-bond acceptors (Lipinski definition) is 7. The summed E-state index contributed by atoms with van der Waals surface area (Å²) < 4.78 is 58.1. The summed E-state index contributed by atoms with van der Waals surface area (Å²) in [5.41, 5.74) is 11.4. The van der Waals surface area contributed by atoms with E-state index in [4.69, 9.17) is 11.5 Å². The second-order valence-corrected chi connectivity index (χ2v) is 8.26. The van der Waals surface area contributed by atoms with Crippen molar-refractivity contribution in [3.05, 3.63) is 71.8 Å². The first-order valence-corrected chi connectivity index (χ1v) is 10.4. The quantitative estimate of drug-likeness (QED) is 0.439. The first-order valence-electron chi connectivity index (χ1n) is 10.4. The summed E-state index contributed by atoms with van der Waals surface area (Å²) >= 11 is 0. The molecule has 0 bridgehead atoms. The third-order valence-electron chi connectivity index (χ3n) is 6.10. The van der Waals surface area contributed by atoms with Crippen LogP contribution in [0.4, 0.5) is 29.1 Å². The maximum atomic E-state index is 14.6. The molecule has 8 nitrogen and oxygen atoms in total. The van der Waals surface area contributed by atoms with E-state index in [9.17, 15) is 17.6 Å². The van der Waals surface area contributed by atoms with E-state index in [-0.39, 0.29) is 41.3 Å². The van der Waals surface area contributed by atoms with Crippen molar-refractivity contribution in [2.45, 2.75) is 24.7 Å². The summed E-state index contributed by atoms with van der Waals surface area (Å²) in [7, 11) is 0. The minimum Gasteiger partial charge on any atom is -0.382 e. The lowest BCUT2D eigenvalue weighted by molar-refractivity contribution is -0.140. The molecule has 0 radical (unpaired) electrons. The van der Waals surface area contributed by atoms with Crippen LogP contribution in [0.1, 0.15) is 23.2 Å². The highest BCUT2D eigenvalue weighted by atomic mass is 19.4. The van der Waals surface area contributed by atoms with Gasteiger partial charge in [0.2, 0.25) is 0 Å². The van der Waals surface area contributed by atoms with Gasteiger partial charge in [-0.3, -0.25) is 4.98 Å². The van der Waals surface area contributed by atoms with E-state index < -0.39 is 23.1 Å². The van der Waals surface area contributed by atoms with Crippen LogP contribution in [0.5, 0.6) is 0 Å². The normalized spacial score (nSPS) is 18.7. The van der Waals surface area contributed by atoms with Crippen molar-refractivity contribution >= 4 is 22.7 Å². The average molecular weight is 472 g/mol. The zero-order valence-corrected chi connectivity index (χ0v) is 17.8. The van der Waals surface area contributed by atoms with Crippen LogP contribution in [0.25, 0.3) is 11.2 Å². The molecule has 1 saturated heterocycles. The molecule has 0 amide bonds. The first kappa shape index (κ1) is 22.0. The van der Waals surface area contributed by atoms with Gasteiger partial charge in [0.15, 0.2) is 11.5 Å². The molecule has 3 aromatic heterocycles. The molecule has 0 spiro atoms. The number of imidazole rings is 1. The number of alkyl halides is 3. The number of nitrogens with two attached hydrogens (primary N) is 2. The molecule has 4 N–H and O–H groups in total. The van der Waals surface area contributed by atoms with Gasteiger partial charge >= 0.3 is 6.18 Å². The Morgan fingerprint density at radius 1 is 1.06 bits per heavy atom. The van der Waals surface area contributed by atoms with Crippen LogP contribution >= 0.6 is 0 Å². The number of fused-ring (bicyclic) bond motifs is 1. The summed E-state index contributed by atoms with van der Waals surface area (Å²) in [5.74, 6) is -1.25. The Balaban J connectivity index is 1.60. The highest BCUT2D eigenvalue weighted by molar-refractivity contribution is 5.81. The molecule has 1 fully saturated rings. The van der Waals surface area contributed by atoms with Crippen molar-refractivity contribution in [2.24, 2.45) is 5.73 Å². The van der Waals surface area contributed by atoms with Crippen molar-refractivity contribution in [1.82, 2.24) is 24.5 Å². The van der Waals surface area contributed by atoms with Gasteiger partial charge in [-0.2, -0.15) is 13.2 Å². The molecule has 12 heteroatoms. The van der Waals surface area contributed by atoms with Crippen LogP contribution in [0.3, 0.4) is 0 Å². The van der Waals surface area contributed by atoms with Gasteiger partial charge in [0.05, 0.1) is 29.7 Å². The molecule has 5 rings (SSSR count). The Labute approximate surface area is 191 Å². The third-order valence-corrected chi connectivity index (χ3v) is 6.10. The van der Waals surface area contributed by atoms with Crippen LogP contribution in [-0.2, 0) is 18.3 Å². The first-order chi connectivity index (χ1) is 16.2. The van der Waals surface area contributed by atoms with Gasteiger partial charge < -0.3 is 20.9 Å². The molecule has 176 valence electrons. The number of pyridine rings is 1. The Hall–Kier alpha value is -3.80. The molecule has 1 aromatic carbocycles. The van der Waals surface area contributed by atoms with E-state index in [1.54, 1.807) is 23.2 Å². The third kappa shape index (κ3) is 3.69. The summed E-state index contributed by atoms with van der Waals surface area (Å²) in [6.45, 7) is 0.273. The van der Waals surface area contributed by atoms with Gasteiger partial charge in [-0.15, -0.1) is 0 Å². The van der Waals surface area contributed by atoms with Crippen molar-refractivity contribution in [3.63, 3.8) is 0 Å². The highest BCUT2D eigenvalue weighted by Gasteiger charge is 2.42. The number of anilines is 2. The number of rotatable bonds is 4. The summed E-state index contributed by atoms with van der Waals surface area (Å²) in [4.78, 5) is 18.1. The fraction of sp³-hybridized carbons (Fsp3) is 0.273. The second kappa shape index (κ2) is 7.90. The number of aromatic nitrogens is 5. The molecular weight excluding hydrogens is 452 g/mol.